The van der Waals surface area contributed by atoms with Crippen LogP contribution in [-0.4, -0.2) is 11.3 Å². The first-order valence-corrected chi connectivity index (χ1v) is 5.27. The van der Waals surface area contributed by atoms with Gasteiger partial charge in [-0.2, -0.15) is 0 Å². The summed E-state index contributed by atoms with van der Waals surface area (Å²) in [6.07, 6.45) is 3.95. The molecule has 2 rings (SSSR count). The van der Waals surface area contributed by atoms with Gasteiger partial charge in [-0.1, -0.05) is 6.07 Å². The minimum absolute atomic E-state index is 0.150. The first-order chi connectivity index (χ1) is 8.26. The monoisotopic (exact) mass is 244 g/mol. The Kier molecular flexibility index (Phi) is 3.30. The zero-order valence-corrected chi connectivity index (χ0v) is 9.59. The van der Waals surface area contributed by atoms with Gasteiger partial charge in [0.2, 0.25) is 0 Å². The summed E-state index contributed by atoms with van der Waals surface area (Å²) in [6.45, 7) is 0. The van der Waals surface area contributed by atoms with Crippen molar-refractivity contribution in [2.45, 2.75) is 4.90 Å². The van der Waals surface area contributed by atoms with Crippen LogP contribution in [-0.2, 0) is 0 Å². The number of aromatic nitrogens is 1. The van der Waals surface area contributed by atoms with Crippen LogP contribution < -0.4 is 0 Å². The van der Waals surface area contributed by atoms with Gasteiger partial charge >= 0.3 is 0 Å². The van der Waals surface area contributed by atoms with Crippen LogP contribution in [0, 0.1) is 4.91 Å². The normalized spacial score (nSPS) is 9.94. The van der Waals surface area contributed by atoms with E-state index in [0.717, 1.165) is 5.56 Å². The molecule has 1 aromatic carbocycles. The van der Waals surface area contributed by atoms with Gasteiger partial charge in [-0.3, -0.25) is 9.78 Å². The van der Waals surface area contributed by atoms with Crippen LogP contribution in [0.15, 0.2) is 46.7 Å². The number of thiol groups is 1. The number of pyridine rings is 1. The van der Waals surface area contributed by atoms with Crippen LogP contribution in [0.2, 0.25) is 0 Å². The number of carbonyl (C=O) groups excluding carboxylic acids is 1. The Morgan fingerprint density at radius 2 is 2.12 bits per heavy atom. The quantitative estimate of drug-likeness (QED) is 0.512. The summed E-state index contributed by atoms with van der Waals surface area (Å²) in [6, 6.07) is 6.85. The summed E-state index contributed by atoms with van der Waals surface area (Å²) >= 11 is 4.09. The van der Waals surface area contributed by atoms with E-state index >= 15 is 0 Å². The Bertz CT molecular complexity index is 541. The highest BCUT2D eigenvalue weighted by atomic mass is 32.1. The zero-order chi connectivity index (χ0) is 12.3. The van der Waals surface area contributed by atoms with Gasteiger partial charge in [-0.25, -0.2) is 0 Å². The van der Waals surface area contributed by atoms with E-state index in [4.69, 9.17) is 0 Å². The van der Waals surface area contributed by atoms with Crippen molar-refractivity contribution in [1.29, 1.82) is 0 Å². The number of hydrogen-bond acceptors (Lipinski definition) is 5. The van der Waals surface area contributed by atoms with Crippen molar-refractivity contribution in [1.82, 2.24) is 4.98 Å². The third-order valence-electron chi connectivity index (χ3n) is 2.34. The lowest BCUT2D eigenvalue weighted by molar-refractivity contribution is 0.112. The number of rotatable bonds is 3. The maximum atomic E-state index is 10.9. The van der Waals surface area contributed by atoms with Crippen LogP contribution >= 0.6 is 12.6 Å². The van der Waals surface area contributed by atoms with Crippen LogP contribution in [0.5, 0.6) is 0 Å². The Labute approximate surface area is 103 Å². The first-order valence-electron chi connectivity index (χ1n) is 4.82. The maximum absolute atomic E-state index is 10.9. The number of carbonyl (C=O) groups is 1. The fraction of sp³-hybridized carbons (Fsp3) is 0. The van der Waals surface area contributed by atoms with E-state index < -0.39 is 0 Å². The molecular formula is C12H8N2O2S. The number of nitrogens with zero attached hydrogens (tertiary/aromatic N) is 2. The fourth-order valence-electron chi connectivity index (χ4n) is 1.50. The summed E-state index contributed by atoms with van der Waals surface area (Å²) < 4.78 is 0. The molecule has 84 valence electrons. The molecule has 0 N–H and O–H groups in total. The van der Waals surface area contributed by atoms with Gasteiger partial charge in [0.25, 0.3) is 0 Å². The third-order valence-corrected chi connectivity index (χ3v) is 2.83. The first kappa shape index (κ1) is 11.5. The highest BCUT2D eigenvalue weighted by molar-refractivity contribution is 7.80. The van der Waals surface area contributed by atoms with Crippen LogP contribution in [0.25, 0.3) is 11.1 Å². The van der Waals surface area contributed by atoms with E-state index in [9.17, 15) is 9.70 Å². The Hall–Kier alpha value is -2.01. The molecule has 1 heterocycles. The predicted octanol–water partition coefficient (Wildman–Crippen LogP) is 3.25. The molecule has 0 saturated heterocycles. The van der Waals surface area contributed by atoms with E-state index in [1.807, 2.05) is 6.07 Å². The topological polar surface area (TPSA) is 59.4 Å². The smallest absolute Gasteiger partial charge is 0.151 e. The lowest BCUT2D eigenvalue weighted by Gasteiger charge is -2.05. The van der Waals surface area contributed by atoms with Crippen molar-refractivity contribution in [3.8, 4) is 11.1 Å². The van der Waals surface area contributed by atoms with E-state index in [1.165, 1.54) is 0 Å². The highest BCUT2D eigenvalue weighted by Crippen LogP contribution is 2.32. The van der Waals surface area contributed by atoms with Gasteiger partial charge in [0, 0.05) is 28.4 Å². The van der Waals surface area contributed by atoms with Crippen molar-refractivity contribution < 1.29 is 4.79 Å². The van der Waals surface area contributed by atoms with Crippen molar-refractivity contribution in [2.75, 3.05) is 0 Å². The van der Waals surface area contributed by atoms with Crippen molar-refractivity contribution in [3.05, 3.63) is 47.1 Å². The second kappa shape index (κ2) is 4.88. The molecular weight excluding hydrogens is 236 g/mol. The molecule has 17 heavy (non-hydrogen) atoms. The second-order valence-corrected chi connectivity index (χ2v) is 3.83. The van der Waals surface area contributed by atoms with Gasteiger partial charge in [0.15, 0.2) is 6.29 Å². The molecule has 0 aliphatic carbocycles. The summed E-state index contributed by atoms with van der Waals surface area (Å²) in [5.74, 6) is 0. The molecule has 0 aliphatic rings. The van der Waals surface area contributed by atoms with Crippen molar-refractivity contribution in [2.24, 2.45) is 5.18 Å². The highest BCUT2D eigenvalue weighted by Gasteiger charge is 2.09. The molecule has 4 nitrogen and oxygen atoms in total. The predicted molar refractivity (Wildman–Crippen MR) is 67.8 cm³/mol. The number of benzene rings is 1. The summed E-state index contributed by atoms with van der Waals surface area (Å²) in [7, 11) is 0. The number of aldehydes is 1. The van der Waals surface area contributed by atoms with Gasteiger partial charge in [0.1, 0.15) is 5.69 Å². The lowest BCUT2D eigenvalue weighted by atomic mass is 10.0. The minimum Gasteiger partial charge on any atom is -0.298 e. The molecule has 0 fully saturated rings. The lowest BCUT2D eigenvalue weighted by Crippen LogP contribution is -1.87. The van der Waals surface area contributed by atoms with Crippen molar-refractivity contribution >= 4 is 24.6 Å². The van der Waals surface area contributed by atoms with Gasteiger partial charge in [-0.05, 0) is 28.9 Å². The second-order valence-electron chi connectivity index (χ2n) is 3.38. The molecule has 0 saturated carbocycles. The average molecular weight is 244 g/mol. The maximum Gasteiger partial charge on any atom is 0.151 e. The molecule has 0 radical (unpaired) electrons. The molecule has 0 spiro atoms. The van der Waals surface area contributed by atoms with E-state index in [2.05, 4.69) is 22.8 Å². The van der Waals surface area contributed by atoms with Gasteiger partial charge in [0.05, 0.1) is 0 Å². The summed E-state index contributed by atoms with van der Waals surface area (Å²) in [5.41, 5.74) is 2.02. The minimum atomic E-state index is 0.150. The fourth-order valence-corrected chi connectivity index (χ4v) is 1.72. The van der Waals surface area contributed by atoms with Crippen LogP contribution in [0.1, 0.15) is 10.4 Å². The number of nitroso groups, excluding NO2 is 1. The third kappa shape index (κ3) is 2.24. The SMILES string of the molecule is O=Cc1cc(-c2cccnc2)cc(N=O)c1S. The average Bonchev–Trinajstić information content (AvgIpc) is 2.40. The molecule has 0 bridgehead atoms. The molecule has 1 aromatic heterocycles. The van der Waals surface area contributed by atoms with Gasteiger partial charge < -0.3 is 0 Å². The van der Waals surface area contributed by atoms with Crippen LogP contribution in [0.4, 0.5) is 5.69 Å². The molecule has 2 aromatic rings. The van der Waals surface area contributed by atoms with E-state index in [1.54, 1.807) is 30.6 Å². The Balaban J connectivity index is 2.64. The Morgan fingerprint density at radius 1 is 1.29 bits per heavy atom. The molecule has 0 atom stereocenters. The molecule has 0 amide bonds. The summed E-state index contributed by atoms with van der Waals surface area (Å²) in [5, 5.41) is 2.86. The van der Waals surface area contributed by atoms with Crippen LogP contribution in [0.3, 0.4) is 0 Å². The molecule has 0 aliphatic heterocycles. The van der Waals surface area contributed by atoms with Crippen molar-refractivity contribution in [3.63, 3.8) is 0 Å². The van der Waals surface area contributed by atoms with Gasteiger partial charge in [-0.15, -0.1) is 17.5 Å². The standard InChI is InChI=1S/C12H8N2O2S/c15-7-10-4-9(5-11(14-16)12(10)17)8-2-1-3-13-6-8/h1-7,17H. The zero-order valence-electron chi connectivity index (χ0n) is 8.70. The summed E-state index contributed by atoms with van der Waals surface area (Å²) in [4.78, 5) is 25.8. The molecule has 0 unspecified atom stereocenters. The van der Waals surface area contributed by atoms with E-state index in [0.29, 0.717) is 22.3 Å². The molecule has 5 heteroatoms. The van der Waals surface area contributed by atoms with E-state index in [-0.39, 0.29) is 5.69 Å². The number of hydrogen-bond donors (Lipinski definition) is 1. The Morgan fingerprint density at radius 3 is 2.71 bits per heavy atom. The largest absolute Gasteiger partial charge is 0.298 e.